The topological polar surface area (TPSA) is 145 Å². The van der Waals surface area contributed by atoms with E-state index in [1.807, 2.05) is 38.5 Å². The van der Waals surface area contributed by atoms with Gasteiger partial charge in [0.15, 0.2) is 5.82 Å². The number of rotatable bonds is 13. The second-order valence-electron chi connectivity index (χ2n) is 9.29. The fourth-order valence-electron chi connectivity index (χ4n) is 3.80. The first-order valence-electron chi connectivity index (χ1n) is 12.2. The highest BCUT2D eigenvalue weighted by Crippen LogP contribution is 2.38. The Bertz CT molecular complexity index is 1230. The number of sulfonamides is 1. The smallest absolute Gasteiger partial charge is 0.268 e. The van der Waals surface area contributed by atoms with Gasteiger partial charge in [0.2, 0.25) is 5.91 Å². The van der Waals surface area contributed by atoms with Gasteiger partial charge in [-0.15, -0.1) is 0 Å². The van der Waals surface area contributed by atoms with E-state index < -0.39 is 21.7 Å². The Morgan fingerprint density at radius 2 is 1.89 bits per heavy atom. The second kappa shape index (κ2) is 13.2. The van der Waals surface area contributed by atoms with E-state index in [2.05, 4.69) is 21.3 Å². The Balaban J connectivity index is 2.38. The van der Waals surface area contributed by atoms with Crippen molar-refractivity contribution in [2.45, 2.75) is 90.9 Å². The minimum absolute atomic E-state index is 0.105. The third-order valence-corrected chi connectivity index (χ3v) is 7.18. The van der Waals surface area contributed by atoms with E-state index >= 15 is 0 Å². The van der Waals surface area contributed by atoms with Crippen LogP contribution in [-0.2, 0) is 34.1 Å². The van der Waals surface area contributed by atoms with Gasteiger partial charge < -0.3 is 10.2 Å². The molecular weight excluding hydrogens is 480 g/mol. The van der Waals surface area contributed by atoms with Crippen molar-refractivity contribution in [2.75, 3.05) is 0 Å². The molecule has 0 saturated carbocycles. The summed E-state index contributed by atoms with van der Waals surface area (Å²) in [5.74, 6) is -0.869. The summed E-state index contributed by atoms with van der Waals surface area (Å²) in [6.07, 6.45) is 8.26. The van der Waals surface area contributed by atoms with Crippen molar-refractivity contribution in [3.8, 4) is 11.5 Å². The third-order valence-electron chi connectivity index (χ3n) is 5.69. The predicted octanol–water partition coefficient (Wildman–Crippen LogP) is 4.54. The van der Waals surface area contributed by atoms with Crippen LogP contribution in [-0.4, -0.2) is 39.7 Å². The summed E-state index contributed by atoms with van der Waals surface area (Å²) in [7, 11) is -4.43. The zero-order valence-electron chi connectivity index (χ0n) is 21.8. The highest BCUT2D eigenvalue weighted by molar-refractivity contribution is 7.90. The summed E-state index contributed by atoms with van der Waals surface area (Å²) in [4.78, 5) is 16.1. The molecule has 1 aromatic carbocycles. The van der Waals surface area contributed by atoms with E-state index in [1.54, 1.807) is 6.92 Å². The van der Waals surface area contributed by atoms with E-state index in [0.717, 1.165) is 31.3 Å². The zero-order chi connectivity index (χ0) is 26.9. The summed E-state index contributed by atoms with van der Waals surface area (Å²) in [5, 5.41) is 28.2. The molecule has 0 aliphatic heterocycles. The molecule has 1 amide bonds. The standard InChI is InChI=1S/C26H38N4O5S/c1-6-7-8-12-20-15-22(31)21(14-13-18(4)11-9-10-17(2)3)25(33)26(20)36(34,35)30-24(32)16-23-27-19(5)28-29-23/h10,13,15,31,33H,6-9,11-12,14,16H2,1-5H3,(H,30,32)(H,27,28,29)/b18-13+. The van der Waals surface area contributed by atoms with Crippen molar-refractivity contribution in [3.05, 3.63) is 52.1 Å². The van der Waals surface area contributed by atoms with Gasteiger partial charge in [0, 0.05) is 5.56 Å². The normalized spacial score (nSPS) is 12.0. The first-order valence-corrected chi connectivity index (χ1v) is 13.7. The maximum Gasteiger partial charge on any atom is 0.268 e. The Hall–Kier alpha value is -3.14. The molecule has 10 heteroatoms. The van der Waals surface area contributed by atoms with Crippen LogP contribution in [0.25, 0.3) is 0 Å². The van der Waals surface area contributed by atoms with Crippen molar-refractivity contribution in [3.63, 3.8) is 0 Å². The van der Waals surface area contributed by atoms with Crippen molar-refractivity contribution in [1.29, 1.82) is 0 Å². The minimum Gasteiger partial charge on any atom is -0.508 e. The maximum atomic E-state index is 13.3. The van der Waals surface area contributed by atoms with Crippen LogP contribution < -0.4 is 4.72 Å². The van der Waals surface area contributed by atoms with Crippen LogP contribution >= 0.6 is 0 Å². The number of H-pyrrole nitrogens is 1. The fraction of sp³-hybridized carbons (Fsp3) is 0.500. The van der Waals surface area contributed by atoms with Crippen molar-refractivity contribution < 1.29 is 23.4 Å². The summed E-state index contributed by atoms with van der Waals surface area (Å²) < 4.78 is 28.6. The largest absolute Gasteiger partial charge is 0.508 e. The molecule has 1 aromatic heterocycles. The van der Waals surface area contributed by atoms with Crippen molar-refractivity contribution >= 4 is 15.9 Å². The molecule has 0 fully saturated rings. The average Bonchev–Trinajstić information content (AvgIpc) is 3.16. The number of aryl methyl sites for hydroxylation is 2. The average molecular weight is 519 g/mol. The maximum absolute atomic E-state index is 13.3. The molecule has 0 radical (unpaired) electrons. The van der Waals surface area contributed by atoms with E-state index in [-0.39, 0.29) is 40.4 Å². The SMILES string of the molecule is CCCCCc1cc(O)c(C/C=C(\C)CCC=C(C)C)c(O)c1S(=O)(=O)NC(=O)Cc1n[nH]c(C)n1. The van der Waals surface area contributed by atoms with Gasteiger partial charge in [-0.3, -0.25) is 9.89 Å². The molecule has 0 bridgehead atoms. The molecule has 0 aliphatic rings. The molecule has 0 aliphatic carbocycles. The molecule has 0 spiro atoms. The molecule has 0 unspecified atom stereocenters. The van der Waals surface area contributed by atoms with Crippen LogP contribution in [0.1, 0.15) is 82.6 Å². The van der Waals surface area contributed by atoms with Crippen molar-refractivity contribution in [1.82, 2.24) is 19.9 Å². The van der Waals surface area contributed by atoms with Gasteiger partial charge in [-0.1, -0.05) is 43.1 Å². The summed E-state index contributed by atoms with van der Waals surface area (Å²) in [6.45, 7) is 9.71. The number of benzene rings is 1. The number of nitrogens with one attached hydrogen (secondary N) is 2. The quantitative estimate of drug-likeness (QED) is 0.225. The number of hydrogen-bond donors (Lipinski definition) is 4. The van der Waals surface area contributed by atoms with Crippen LogP contribution in [0.2, 0.25) is 0 Å². The number of aromatic hydroxyl groups is 2. The molecule has 0 saturated heterocycles. The summed E-state index contributed by atoms with van der Waals surface area (Å²) in [6, 6.07) is 1.38. The van der Waals surface area contributed by atoms with Gasteiger partial charge in [0.05, 0.1) is 6.42 Å². The van der Waals surface area contributed by atoms with Gasteiger partial charge >= 0.3 is 0 Å². The lowest BCUT2D eigenvalue weighted by Crippen LogP contribution is -2.33. The molecule has 36 heavy (non-hydrogen) atoms. The Morgan fingerprint density at radius 3 is 2.50 bits per heavy atom. The first-order chi connectivity index (χ1) is 16.9. The molecule has 2 rings (SSSR count). The first kappa shape index (κ1) is 29.1. The molecule has 1 heterocycles. The Morgan fingerprint density at radius 1 is 1.17 bits per heavy atom. The van der Waals surface area contributed by atoms with Crippen LogP contribution in [0.5, 0.6) is 11.5 Å². The number of unbranched alkanes of at least 4 members (excludes halogenated alkanes) is 2. The van der Waals surface area contributed by atoms with Gasteiger partial charge in [-0.2, -0.15) is 5.10 Å². The van der Waals surface area contributed by atoms with Crippen LogP contribution in [0.4, 0.5) is 0 Å². The number of carbonyl (C=O) groups is 1. The van der Waals surface area contributed by atoms with Crippen LogP contribution in [0.3, 0.4) is 0 Å². The van der Waals surface area contributed by atoms with Gasteiger partial charge in [-0.25, -0.2) is 18.1 Å². The van der Waals surface area contributed by atoms with Crippen LogP contribution in [0.15, 0.2) is 34.3 Å². The molecule has 2 aromatic rings. The summed E-state index contributed by atoms with van der Waals surface area (Å²) in [5.41, 5.74) is 2.65. The number of hydrogen-bond acceptors (Lipinski definition) is 7. The highest BCUT2D eigenvalue weighted by Gasteiger charge is 2.29. The number of aromatic nitrogens is 3. The molecular formula is C26H38N4O5S. The number of phenols is 2. The number of amides is 1. The molecule has 4 N–H and O–H groups in total. The Labute approximate surface area is 213 Å². The van der Waals surface area contributed by atoms with E-state index in [0.29, 0.717) is 18.7 Å². The predicted molar refractivity (Wildman–Crippen MR) is 139 cm³/mol. The zero-order valence-corrected chi connectivity index (χ0v) is 22.6. The minimum atomic E-state index is -4.43. The number of phenolic OH excluding ortho intramolecular Hbond substituents is 2. The second-order valence-corrected chi connectivity index (χ2v) is 10.9. The monoisotopic (exact) mass is 518 g/mol. The van der Waals surface area contributed by atoms with Gasteiger partial charge in [0.25, 0.3) is 10.0 Å². The number of aromatic amines is 1. The third kappa shape index (κ3) is 8.51. The molecule has 9 nitrogen and oxygen atoms in total. The Kier molecular flexibility index (Phi) is 10.7. The van der Waals surface area contributed by atoms with Gasteiger partial charge in [-0.05, 0) is 71.4 Å². The van der Waals surface area contributed by atoms with Crippen LogP contribution in [0, 0.1) is 6.92 Å². The van der Waals surface area contributed by atoms with Gasteiger partial charge in [0.1, 0.15) is 22.2 Å². The lowest BCUT2D eigenvalue weighted by Gasteiger charge is -2.17. The number of nitrogens with zero attached hydrogens (tertiary/aromatic N) is 2. The lowest BCUT2D eigenvalue weighted by atomic mass is 10.00. The molecule has 0 atom stereocenters. The van der Waals surface area contributed by atoms with Crippen molar-refractivity contribution in [2.24, 2.45) is 0 Å². The molecule has 198 valence electrons. The fourth-order valence-corrected chi connectivity index (χ4v) is 5.15. The van der Waals surface area contributed by atoms with E-state index in [4.69, 9.17) is 0 Å². The summed E-state index contributed by atoms with van der Waals surface area (Å²) >= 11 is 0. The van der Waals surface area contributed by atoms with E-state index in [9.17, 15) is 23.4 Å². The number of allylic oxidation sites excluding steroid dienone is 4. The highest BCUT2D eigenvalue weighted by atomic mass is 32.2. The van der Waals surface area contributed by atoms with E-state index in [1.165, 1.54) is 11.6 Å². The lowest BCUT2D eigenvalue weighted by molar-refractivity contribution is -0.118. The number of carbonyl (C=O) groups excluding carboxylic acids is 1.